The molecule has 5 heteroatoms. The van der Waals surface area contributed by atoms with Gasteiger partial charge in [0.25, 0.3) is 0 Å². The molecule has 0 aromatic heterocycles. The molecule has 1 aromatic carbocycles. The van der Waals surface area contributed by atoms with Gasteiger partial charge in [-0.3, -0.25) is 0 Å². The summed E-state index contributed by atoms with van der Waals surface area (Å²) in [6.45, 7) is 0. The van der Waals surface area contributed by atoms with Crippen molar-refractivity contribution in [2.24, 2.45) is 10.9 Å². The highest BCUT2D eigenvalue weighted by molar-refractivity contribution is 5.82. The Hall–Kier alpha value is -1.78. The van der Waals surface area contributed by atoms with E-state index in [1.54, 1.807) is 12.1 Å². The van der Waals surface area contributed by atoms with Gasteiger partial charge in [0.1, 0.15) is 5.84 Å². The van der Waals surface area contributed by atoms with Gasteiger partial charge in [-0.25, -0.2) is 4.39 Å². The van der Waals surface area contributed by atoms with Crippen LogP contribution in [0.15, 0.2) is 23.4 Å². The first-order valence-electron chi connectivity index (χ1n) is 3.96. The number of nitrogens with two attached hydrogens (primary N) is 1. The van der Waals surface area contributed by atoms with E-state index in [0.717, 1.165) is 0 Å². The maximum absolute atomic E-state index is 13.5. The highest BCUT2D eigenvalue weighted by Gasteiger charge is 2.09. The Morgan fingerprint density at radius 3 is 2.93 bits per heavy atom. The van der Waals surface area contributed by atoms with Crippen molar-refractivity contribution in [3.05, 3.63) is 29.6 Å². The number of methoxy groups -OCH3 is 1. The Kier molecular flexibility index (Phi) is 3.28. The molecule has 0 heterocycles. The topological polar surface area (TPSA) is 67.8 Å². The Morgan fingerprint density at radius 1 is 1.64 bits per heavy atom. The molecule has 0 aliphatic heterocycles. The fourth-order valence-corrected chi connectivity index (χ4v) is 1.08. The van der Waals surface area contributed by atoms with Crippen molar-refractivity contribution < 1.29 is 14.3 Å². The van der Waals surface area contributed by atoms with Crippen LogP contribution in [0.1, 0.15) is 5.56 Å². The fraction of sp³-hybridized carbons (Fsp3) is 0.222. The molecule has 0 fully saturated rings. The average Bonchev–Trinajstić information content (AvgIpc) is 2.21. The van der Waals surface area contributed by atoms with Crippen LogP contribution in [0.4, 0.5) is 4.39 Å². The van der Waals surface area contributed by atoms with E-state index in [4.69, 9.17) is 15.7 Å². The van der Waals surface area contributed by atoms with Crippen molar-refractivity contribution in [3.63, 3.8) is 0 Å². The van der Waals surface area contributed by atoms with E-state index in [1.807, 2.05) is 0 Å². The summed E-state index contributed by atoms with van der Waals surface area (Å²) in [4.78, 5) is 0. The molecule has 0 unspecified atom stereocenters. The van der Waals surface area contributed by atoms with Gasteiger partial charge in [0.15, 0.2) is 11.6 Å². The largest absolute Gasteiger partial charge is 0.494 e. The van der Waals surface area contributed by atoms with Gasteiger partial charge in [-0.05, 0) is 11.6 Å². The molecule has 0 saturated heterocycles. The van der Waals surface area contributed by atoms with E-state index in [-0.39, 0.29) is 18.0 Å². The van der Waals surface area contributed by atoms with Gasteiger partial charge in [0.05, 0.1) is 7.11 Å². The number of hydrogen-bond acceptors (Lipinski definition) is 3. The smallest absolute Gasteiger partial charge is 0.168 e. The van der Waals surface area contributed by atoms with Crippen LogP contribution in [0.25, 0.3) is 0 Å². The molecule has 0 saturated carbocycles. The van der Waals surface area contributed by atoms with E-state index in [9.17, 15) is 4.39 Å². The van der Waals surface area contributed by atoms with Crippen LogP contribution in [0.3, 0.4) is 0 Å². The molecule has 1 rings (SSSR count). The van der Waals surface area contributed by atoms with Crippen LogP contribution in [0, 0.1) is 5.82 Å². The number of halogens is 1. The molecule has 0 aliphatic rings. The summed E-state index contributed by atoms with van der Waals surface area (Å²) in [5, 5.41) is 11.1. The highest BCUT2D eigenvalue weighted by Crippen LogP contribution is 2.20. The first-order valence-corrected chi connectivity index (χ1v) is 3.96. The predicted molar refractivity (Wildman–Crippen MR) is 50.1 cm³/mol. The number of hydrogen-bond donors (Lipinski definition) is 2. The summed E-state index contributed by atoms with van der Waals surface area (Å²) in [5.74, 6) is -0.382. The summed E-state index contributed by atoms with van der Waals surface area (Å²) in [6.07, 6.45) is 0.0551. The molecule has 3 N–H and O–H groups in total. The summed E-state index contributed by atoms with van der Waals surface area (Å²) in [6, 6.07) is 4.70. The summed E-state index contributed by atoms with van der Waals surface area (Å²) in [7, 11) is 1.38. The van der Waals surface area contributed by atoms with Crippen molar-refractivity contribution in [1.82, 2.24) is 0 Å². The van der Waals surface area contributed by atoms with Crippen LogP contribution in [0.2, 0.25) is 0 Å². The van der Waals surface area contributed by atoms with E-state index in [1.165, 1.54) is 13.2 Å². The number of ether oxygens (including phenoxy) is 1. The SMILES string of the molecule is COc1cccc(C/C(N)=N/O)c1F. The molecule has 0 bridgehead atoms. The van der Waals surface area contributed by atoms with Gasteiger partial charge < -0.3 is 15.7 Å². The minimum absolute atomic E-state index is 0.0443. The van der Waals surface area contributed by atoms with Crippen molar-refractivity contribution in [1.29, 1.82) is 0 Å². The van der Waals surface area contributed by atoms with Crippen molar-refractivity contribution in [2.45, 2.75) is 6.42 Å². The van der Waals surface area contributed by atoms with Gasteiger partial charge in [0.2, 0.25) is 0 Å². The molecular weight excluding hydrogens is 187 g/mol. The monoisotopic (exact) mass is 198 g/mol. The number of oxime groups is 1. The zero-order valence-corrected chi connectivity index (χ0v) is 7.70. The Bertz CT molecular complexity index is 353. The molecule has 76 valence electrons. The third-order valence-electron chi connectivity index (χ3n) is 1.76. The highest BCUT2D eigenvalue weighted by atomic mass is 19.1. The minimum Gasteiger partial charge on any atom is -0.494 e. The molecule has 0 radical (unpaired) electrons. The van der Waals surface area contributed by atoms with Crippen LogP contribution in [-0.4, -0.2) is 18.2 Å². The molecule has 4 nitrogen and oxygen atoms in total. The quantitative estimate of drug-likeness (QED) is 0.331. The number of rotatable bonds is 3. The van der Waals surface area contributed by atoms with Gasteiger partial charge in [-0.15, -0.1) is 0 Å². The summed E-state index contributed by atoms with van der Waals surface area (Å²) >= 11 is 0. The predicted octanol–water partition coefficient (Wildman–Crippen LogP) is 1.12. The van der Waals surface area contributed by atoms with Gasteiger partial charge >= 0.3 is 0 Å². The van der Waals surface area contributed by atoms with E-state index in [0.29, 0.717) is 5.56 Å². The zero-order valence-electron chi connectivity index (χ0n) is 7.70. The normalized spacial score (nSPS) is 11.4. The van der Waals surface area contributed by atoms with E-state index < -0.39 is 5.82 Å². The maximum Gasteiger partial charge on any atom is 0.168 e. The lowest BCUT2D eigenvalue weighted by atomic mass is 10.1. The van der Waals surface area contributed by atoms with Gasteiger partial charge in [-0.1, -0.05) is 17.3 Å². The first-order chi connectivity index (χ1) is 6.69. The molecule has 0 amide bonds. The maximum atomic E-state index is 13.5. The lowest BCUT2D eigenvalue weighted by molar-refractivity contribution is 0.317. The van der Waals surface area contributed by atoms with Crippen molar-refractivity contribution >= 4 is 5.84 Å². The van der Waals surface area contributed by atoms with Crippen LogP contribution >= 0.6 is 0 Å². The van der Waals surface area contributed by atoms with Crippen LogP contribution < -0.4 is 10.5 Å². The summed E-state index contributed by atoms with van der Waals surface area (Å²) in [5.41, 5.74) is 5.59. The second-order valence-corrected chi connectivity index (χ2v) is 2.70. The second-order valence-electron chi connectivity index (χ2n) is 2.70. The lowest BCUT2D eigenvalue weighted by Crippen LogP contribution is -2.15. The Morgan fingerprint density at radius 2 is 2.36 bits per heavy atom. The lowest BCUT2D eigenvalue weighted by Gasteiger charge is -2.05. The minimum atomic E-state index is -0.485. The molecule has 0 aliphatic carbocycles. The standard InChI is InChI=1S/C9H11FN2O2/c1-14-7-4-2-3-6(9(7)10)5-8(11)12-13/h2-4,13H,5H2,1H3,(H2,11,12). The Balaban J connectivity index is 2.98. The van der Waals surface area contributed by atoms with E-state index in [2.05, 4.69) is 5.16 Å². The van der Waals surface area contributed by atoms with Crippen LogP contribution in [-0.2, 0) is 6.42 Å². The molecular formula is C9H11FN2O2. The third kappa shape index (κ3) is 2.12. The van der Waals surface area contributed by atoms with Gasteiger partial charge in [0, 0.05) is 6.42 Å². The number of nitrogens with zero attached hydrogens (tertiary/aromatic N) is 1. The van der Waals surface area contributed by atoms with Crippen molar-refractivity contribution in [2.75, 3.05) is 7.11 Å². The third-order valence-corrected chi connectivity index (χ3v) is 1.76. The van der Waals surface area contributed by atoms with E-state index >= 15 is 0 Å². The first kappa shape index (κ1) is 10.3. The second kappa shape index (κ2) is 4.45. The van der Waals surface area contributed by atoms with Crippen LogP contribution in [0.5, 0.6) is 5.75 Å². The molecule has 14 heavy (non-hydrogen) atoms. The number of benzene rings is 1. The average molecular weight is 198 g/mol. The number of amidine groups is 1. The molecule has 1 aromatic rings. The fourth-order valence-electron chi connectivity index (χ4n) is 1.08. The van der Waals surface area contributed by atoms with Gasteiger partial charge in [-0.2, -0.15) is 0 Å². The summed E-state index contributed by atoms with van der Waals surface area (Å²) < 4.78 is 18.2. The van der Waals surface area contributed by atoms with Crippen molar-refractivity contribution in [3.8, 4) is 5.75 Å². The zero-order chi connectivity index (χ0) is 10.6. The Labute approximate surface area is 80.8 Å². The molecule has 0 spiro atoms. The molecule has 0 atom stereocenters.